The van der Waals surface area contributed by atoms with E-state index in [1.54, 1.807) is 18.3 Å². The van der Waals surface area contributed by atoms with Gasteiger partial charge >= 0.3 is 0 Å². The Morgan fingerprint density at radius 3 is 2.62 bits per heavy atom. The molecule has 24 heavy (non-hydrogen) atoms. The highest BCUT2D eigenvalue weighted by Crippen LogP contribution is 2.16. The Hall–Kier alpha value is -3.14. The molecule has 0 atom stereocenters. The first-order valence-corrected chi connectivity index (χ1v) is 7.83. The Morgan fingerprint density at radius 1 is 1.12 bits per heavy atom. The van der Waals surface area contributed by atoms with E-state index in [0.717, 1.165) is 22.6 Å². The second-order valence-corrected chi connectivity index (χ2v) is 5.43. The van der Waals surface area contributed by atoms with Crippen molar-refractivity contribution in [1.82, 2.24) is 14.9 Å². The molecule has 0 bridgehead atoms. The number of para-hydroxylation sites is 1. The van der Waals surface area contributed by atoms with Crippen LogP contribution in [0.4, 0.5) is 0 Å². The van der Waals surface area contributed by atoms with E-state index in [2.05, 4.69) is 10.3 Å². The van der Waals surface area contributed by atoms with E-state index in [4.69, 9.17) is 0 Å². The molecule has 1 amide bonds. The van der Waals surface area contributed by atoms with Gasteiger partial charge < -0.3 is 9.88 Å². The molecule has 4 heteroatoms. The third-order valence-corrected chi connectivity index (χ3v) is 3.76. The Kier molecular flexibility index (Phi) is 4.87. The molecule has 2 aromatic carbocycles. The monoisotopic (exact) mass is 317 g/mol. The molecule has 0 saturated heterocycles. The van der Waals surface area contributed by atoms with Crippen molar-refractivity contribution in [1.29, 1.82) is 0 Å². The quantitative estimate of drug-likeness (QED) is 0.732. The van der Waals surface area contributed by atoms with Crippen molar-refractivity contribution < 1.29 is 4.79 Å². The molecule has 1 heterocycles. The zero-order chi connectivity index (χ0) is 16.8. The zero-order valence-corrected chi connectivity index (χ0v) is 13.5. The Morgan fingerprint density at radius 2 is 1.88 bits per heavy atom. The van der Waals surface area contributed by atoms with Gasteiger partial charge in [0.1, 0.15) is 5.82 Å². The van der Waals surface area contributed by atoms with Crippen LogP contribution in [0.15, 0.2) is 73.1 Å². The number of carbonyl (C=O) groups is 1. The summed E-state index contributed by atoms with van der Waals surface area (Å²) in [6.45, 7) is 2.42. The molecule has 3 aromatic rings. The third kappa shape index (κ3) is 3.79. The van der Waals surface area contributed by atoms with Gasteiger partial charge in [-0.3, -0.25) is 4.79 Å². The molecule has 1 N–H and O–H groups in total. The number of hydrogen-bond donors (Lipinski definition) is 1. The van der Waals surface area contributed by atoms with Crippen molar-refractivity contribution in [3.63, 3.8) is 0 Å². The maximum atomic E-state index is 12.0. The summed E-state index contributed by atoms with van der Waals surface area (Å²) in [4.78, 5) is 16.3. The number of amides is 1. The first-order chi connectivity index (χ1) is 11.7. The average molecular weight is 317 g/mol. The number of imidazole rings is 1. The molecular weight excluding hydrogens is 298 g/mol. The van der Waals surface area contributed by atoms with Gasteiger partial charge in [0.25, 0.3) is 0 Å². The number of hydrogen-bond acceptors (Lipinski definition) is 2. The average Bonchev–Trinajstić information content (AvgIpc) is 3.05. The normalized spacial score (nSPS) is 10.9. The highest BCUT2D eigenvalue weighted by atomic mass is 16.1. The van der Waals surface area contributed by atoms with E-state index in [-0.39, 0.29) is 5.91 Å². The van der Waals surface area contributed by atoms with Crippen LogP contribution in [-0.4, -0.2) is 15.5 Å². The van der Waals surface area contributed by atoms with Crippen LogP contribution >= 0.6 is 0 Å². The summed E-state index contributed by atoms with van der Waals surface area (Å²) >= 11 is 0. The molecule has 0 aliphatic rings. The molecule has 120 valence electrons. The fraction of sp³-hybridized carbons (Fsp3) is 0.100. The van der Waals surface area contributed by atoms with Crippen LogP contribution in [0.3, 0.4) is 0 Å². The SMILES string of the molecule is Cc1nccn1-c1ccccc1CNC(=O)/C=C/c1ccccc1. The van der Waals surface area contributed by atoms with Crippen LogP contribution in [0.1, 0.15) is 17.0 Å². The molecule has 0 radical (unpaired) electrons. The predicted octanol–water partition coefficient (Wildman–Crippen LogP) is 3.51. The minimum atomic E-state index is -0.115. The summed E-state index contributed by atoms with van der Waals surface area (Å²) in [7, 11) is 0. The molecule has 4 nitrogen and oxygen atoms in total. The number of nitrogens with zero attached hydrogens (tertiary/aromatic N) is 2. The lowest BCUT2D eigenvalue weighted by Crippen LogP contribution is -2.21. The van der Waals surface area contributed by atoms with E-state index in [9.17, 15) is 4.79 Å². The molecular formula is C20H19N3O. The van der Waals surface area contributed by atoms with Crippen LogP contribution in [-0.2, 0) is 11.3 Å². The number of rotatable bonds is 5. The van der Waals surface area contributed by atoms with Gasteiger partial charge in [-0.2, -0.15) is 0 Å². The molecule has 0 saturated carbocycles. The number of nitrogens with one attached hydrogen (secondary N) is 1. The van der Waals surface area contributed by atoms with Gasteiger partial charge in [-0.25, -0.2) is 4.98 Å². The fourth-order valence-corrected chi connectivity index (χ4v) is 2.51. The van der Waals surface area contributed by atoms with E-state index in [1.165, 1.54) is 0 Å². The van der Waals surface area contributed by atoms with E-state index < -0.39 is 0 Å². The van der Waals surface area contributed by atoms with Gasteiger partial charge in [0, 0.05) is 25.0 Å². The molecule has 1 aromatic heterocycles. The van der Waals surface area contributed by atoms with Crippen molar-refractivity contribution in [3.05, 3.63) is 90.0 Å². The number of carbonyl (C=O) groups excluding carboxylic acids is 1. The summed E-state index contributed by atoms with van der Waals surface area (Å²) < 4.78 is 2.02. The number of benzene rings is 2. The van der Waals surface area contributed by atoms with E-state index in [1.807, 2.05) is 72.3 Å². The lowest BCUT2D eigenvalue weighted by molar-refractivity contribution is -0.116. The summed E-state index contributed by atoms with van der Waals surface area (Å²) in [6, 6.07) is 17.7. The van der Waals surface area contributed by atoms with Crippen molar-refractivity contribution in [2.24, 2.45) is 0 Å². The molecule has 0 unspecified atom stereocenters. The topological polar surface area (TPSA) is 46.9 Å². The van der Waals surface area contributed by atoms with Crippen LogP contribution < -0.4 is 5.32 Å². The fourth-order valence-electron chi connectivity index (χ4n) is 2.51. The van der Waals surface area contributed by atoms with Crippen LogP contribution in [0, 0.1) is 6.92 Å². The lowest BCUT2D eigenvalue weighted by atomic mass is 10.1. The van der Waals surface area contributed by atoms with Crippen LogP contribution in [0.2, 0.25) is 0 Å². The molecule has 3 rings (SSSR count). The minimum absolute atomic E-state index is 0.115. The van der Waals surface area contributed by atoms with Gasteiger partial charge in [-0.1, -0.05) is 48.5 Å². The molecule has 0 fully saturated rings. The highest BCUT2D eigenvalue weighted by Gasteiger charge is 2.07. The second-order valence-electron chi connectivity index (χ2n) is 5.43. The molecule has 0 spiro atoms. The standard InChI is InChI=1S/C20H19N3O/c1-16-21-13-14-23(16)19-10-6-5-9-18(19)15-22-20(24)12-11-17-7-3-2-4-8-17/h2-14H,15H2,1H3,(H,22,24)/b12-11+. The van der Waals surface area contributed by atoms with Gasteiger partial charge in [0.05, 0.1) is 5.69 Å². The minimum Gasteiger partial charge on any atom is -0.348 e. The van der Waals surface area contributed by atoms with Crippen molar-refractivity contribution >= 4 is 12.0 Å². The van der Waals surface area contributed by atoms with Crippen LogP contribution in [0.5, 0.6) is 0 Å². The van der Waals surface area contributed by atoms with Crippen molar-refractivity contribution in [3.8, 4) is 5.69 Å². The van der Waals surface area contributed by atoms with Crippen molar-refractivity contribution in [2.45, 2.75) is 13.5 Å². The van der Waals surface area contributed by atoms with Gasteiger partial charge in [-0.05, 0) is 30.2 Å². The van der Waals surface area contributed by atoms with E-state index in [0.29, 0.717) is 6.54 Å². The largest absolute Gasteiger partial charge is 0.348 e. The van der Waals surface area contributed by atoms with Crippen molar-refractivity contribution in [2.75, 3.05) is 0 Å². The Labute approximate surface area is 141 Å². The smallest absolute Gasteiger partial charge is 0.244 e. The van der Waals surface area contributed by atoms with Crippen LogP contribution in [0.25, 0.3) is 11.8 Å². The number of aromatic nitrogens is 2. The predicted molar refractivity (Wildman–Crippen MR) is 95.6 cm³/mol. The van der Waals surface area contributed by atoms with Gasteiger partial charge in [0.2, 0.25) is 5.91 Å². The van der Waals surface area contributed by atoms with Gasteiger partial charge in [0.15, 0.2) is 0 Å². The van der Waals surface area contributed by atoms with Gasteiger partial charge in [-0.15, -0.1) is 0 Å². The summed E-state index contributed by atoms with van der Waals surface area (Å²) in [6.07, 6.45) is 7.06. The first-order valence-electron chi connectivity index (χ1n) is 7.83. The first kappa shape index (κ1) is 15.7. The Balaban J connectivity index is 1.68. The molecule has 0 aliphatic heterocycles. The highest BCUT2D eigenvalue weighted by molar-refractivity contribution is 5.91. The maximum absolute atomic E-state index is 12.0. The third-order valence-electron chi connectivity index (χ3n) is 3.76. The summed E-state index contributed by atoms with van der Waals surface area (Å²) in [5.74, 6) is 0.800. The zero-order valence-electron chi connectivity index (χ0n) is 13.5. The summed E-state index contributed by atoms with van der Waals surface area (Å²) in [5, 5.41) is 2.93. The maximum Gasteiger partial charge on any atom is 0.244 e. The Bertz CT molecular complexity index is 850. The second kappa shape index (κ2) is 7.42. The number of aryl methyl sites for hydroxylation is 1. The lowest BCUT2D eigenvalue weighted by Gasteiger charge is -2.12. The summed E-state index contributed by atoms with van der Waals surface area (Å²) in [5.41, 5.74) is 3.07. The molecule has 0 aliphatic carbocycles. The van der Waals surface area contributed by atoms with E-state index >= 15 is 0 Å².